The first-order valence-electron chi connectivity index (χ1n) is 7.51. The van der Waals surface area contributed by atoms with Gasteiger partial charge < -0.3 is 5.32 Å². The first kappa shape index (κ1) is 12.9. The Bertz CT molecular complexity index is 541. The lowest BCUT2D eigenvalue weighted by molar-refractivity contribution is 0.754. The minimum Gasteiger partial charge on any atom is -0.359 e. The quantitative estimate of drug-likeness (QED) is 0.830. The van der Waals surface area contributed by atoms with Gasteiger partial charge >= 0.3 is 0 Å². The fourth-order valence-corrected chi connectivity index (χ4v) is 3.82. The number of unbranched alkanes of at least 4 members (excludes halogenated alkanes) is 1. The molecule has 1 aliphatic carbocycles. The molecule has 1 fully saturated rings. The summed E-state index contributed by atoms with van der Waals surface area (Å²) in [6.07, 6.45) is 9.06. The van der Waals surface area contributed by atoms with Gasteiger partial charge in [-0.1, -0.05) is 43.6 Å². The lowest BCUT2D eigenvalue weighted by atomic mass is 10.1. The molecule has 0 radical (unpaired) electrons. The number of nitrogens with zero attached hydrogens (tertiary/aromatic N) is 1. The molecule has 0 spiro atoms. The number of thiazole rings is 1. The zero-order valence-electron chi connectivity index (χ0n) is 11.6. The Morgan fingerprint density at radius 1 is 1.32 bits per heavy atom. The van der Waals surface area contributed by atoms with Crippen LogP contribution in [0, 0.1) is 0 Å². The van der Waals surface area contributed by atoms with Crippen LogP contribution in [0.3, 0.4) is 0 Å². The number of aryl methyl sites for hydroxylation is 1. The molecule has 1 aromatic heterocycles. The average molecular weight is 274 g/mol. The van der Waals surface area contributed by atoms with Crippen molar-refractivity contribution in [3.8, 4) is 0 Å². The summed E-state index contributed by atoms with van der Waals surface area (Å²) < 4.78 is 1.33. The molecule has 3 rings (SSSR count). The summed E-state index contributed by atoms with van der Waals surface area (Å²) in [4.78, 5) is 4.71. The summed E-state index contributed by atoms with van der Waals surface area (Å²) >= 11 is 1.81. The molecule has 0 aliphatic heterocycles. The van der Waals surface area contributed by atoms with Crippen LogP contribution in [0.5, 0.6) is 0 Å². The predicted octanol–water partition coefficient (Wildman–Crippen LogP) is 4.99. The van der Waals surface area contributed by atoms with Crippen LogP contribution in [-0.4, -0.2) is 11.0 Å². The molecule has 0 saturated heterocycles. The molecule has 0 amide bonds. The molecule has 1 aliphatic rings. The fraction of sp³-hybridized carbons (Fsp3) is 0.562. The number of aromatic nitrogens is 1. The van der Waals surface area contributed by atoms with Crippen molar-refractivity contribution in [3.05, 3.63) is 23.8 Å². The van der Waals surface area contributed by atoms with Crippen LogP contribution in [-0.2, 0) is 6.42 Å². The first-order chi connectivity index (χ1) is 9.35. The highest BCUT2D eigenvalue weighted by atomic mass is 32.1. The maximum atomic E-state index is 4.71. The lowest BCUT2D eigenvalue weighted by Gasteiger charge is -2.09. The van der Waals surface area contributed by atoms with Crippen LogP contribution in [0.15, 0.2) is 18.2 Å². The van der Waals surface area contributed by atoms with Crippen molar-refractivity contribution in [1.82, 2.24) is 4.98 Å². The molecule has 0 bridgehead atoms. The van der Waals surface area contributed by atoms with Crippen LogP contribution >= 0.6 is 11.3 Å². The zero-order valence-corrected chi connectivity index (χ0v) is 12.4. The van der Waals surface area contributed by atoms with E-state index in [1.807, 2.05) is 11.3 Å². The molecule has 2 nitrogen and oxygen atoms in total. The van der Waals surface area contributed by atoms with Crippen molar-refractivity contribution in [2.24, 2.45) is 0 Å². The van der Waals surface area contributed by atoms with Gasteiger partial charge in [-0.25, -0.2) is 4.98 Å². The summed E-state index contributed by atoms with van der Waals surface area (Å²) in [6.45, 7) is 2.24. The molecule has 0 unspecified atom stereocenters. The van der Waals surface area contributed by atoms with Crippen molar-refractivity contribution in [1.29, 1.82) is 0 Å². The Labute approximate surface area is 119 Å². The maximum Gasteiger partial charge on any atom is 0.184 e. The van der Waals surface area contributed by atoms with Gasteiger partial charge in [-0.05, 0) is 43.4 Å². The maximum absolute atomic E-state index is 4.71. The third-order valence-corrected chi connectivity index (χ3v) is 4.90. The third kappa shape index (κ3) is 3.08. The highest BCUT2D eigenvalue weighted by Gasteiger charge is 2.16. The Balaban J connectivity index is 1.75. The summed E-state index contributed by atoms with van der Waals surface area (Å²) in [5.41, 5.74) is 2.59. The van der Waals surface area contributed by atoms with Crippen LogP contribution < -0.4 is 5.32 Å². The molecular weight excluding hydrogens is 252 g/mol. The second-order valence-corrected chi connectivity index (χ2v) is 6.58. The zero-order chi connectivity index (χ0) is 13.1. The standard InChI is InChI=1S/C16H22N2S/c1-2-3-6-12-9-10-14-15(11-12)19-16(18-14)17-13-7-4-5-8-13/h9-11,13H,2-8H2,1H3,(H,17,18). The topological polar surface area (TPSA) is 24.9 Å². The van der Waals surface area contributed by atoms with E-state index < -0.39 is 0 Å². The molecule has 102 valence electrons. The summed E-state index contributed by atoms with van der Waals surface area (Å²) in [7, 11) is 0. The molecule has 1 aromatic carbocycles. The highest BCUT2D eigenvalue weighted by molar-refractivity contribution is 7.22. The van der Waals surface area contributed by atoms with E-state index >= 15 is 0 Å². The monoisotopic (exact) mass is 274 g/mol. The number of fused-ring (bicyclic) bond motifs is 1. The number of nitrogens with one attached hydrogen (secondary N) is 1. The third-order valence-electron chi connectivity index (χ3n) is 3.95. The highest BCUT2D eigenvalue weighted by Crippen LogP contribution is 2.30. The molecule has 1 heterocycles. The summed E-state index contributed by atoms with van der Waals surface area (Å²) in [5, 5.41) is 4.71. The second kappa shape index (κ2) is 5.91. The van der Waals surface area contributed by atoms with Gasteiger partial charge in [-0.3, -0.25) is 0 Å². The first-order valence-corrected chi connectivity index (χ1v) is 8.33. The van der Waals surface area contributed by atoms with E-state index in [2.05, 4.69) is 30.4 Å². The second-order valence-electron chi connectivity index (χ2n) is 5.55. The van der Waals surface area contributed by atoms with Gasteiger partial charge in [0.2, 0.25) is 0 Å². The van der Waals surface area contributed by atoms with E-state index in [0.29, 0.717) is 6.04 Å². The van der Waals surface area contributed by atoms with Crippen LogP contribution in [0.2, 0.25) is 0 Å². The number of hydrogen-bond donors (Lipinski definition) is 1. The lowest BCUT2D eigenvalue weighted by Crippen LogP contribution is -2.13. The van der Waals surface area contributed by atoms with Gasteiger partial charge in [0.05, 0.1) is 10.2 Å². The van der Waals surface area contributed by atoms with E-state index in [4.69, 9.17) is 4.98 Å². The molecule has 19 heavy (non-hydrogen) atoms. The Morgan fingerprint density at radius 2 is 2.16 bits per heavy atom. The van der Waals surface area contributed by atoms with Gasteiger partial charge in [0.1, 0.15) is 0 Å². The van der Waals surface area contributed by atoms with Crippen molar-refractivity contribution in [2.45, 2.75) is 57.9 Å². The van der Waals surface area contributed by atoms with Crippen molar-refractivity contribution >= 4 is 26.7 Å². The smallest absolute Gasteiger partial charge is 0.184 e. The Hall–Kier alpha value is -1.09. The number of benzene rings is 1. The van der Waals surface area contributed by atoms with Gasteiger partial charge in [0.15, 0.2) is 5.13 Å². The molecule has 3 heteroatoms. The van der Waals surface area contributed by atoms with Crippen molar-refractivity contribution in [3.63, 3.8) is 0 Å². The average Bonchev–Trinajstić information content (AvgIpc) is 3.04. The minimum atomic E-state index is 0.653. The summed E-state index contributed by atoms with van der Waals surface area (Å²) in [6, 6.07) is 7.39. The van der Waals surface area contributed by atoms with Crippen molar-refractivity contribution in [2.75, 3.05) is 5.32 Å². The van der Waals surface area contributed by atoms with Crippen molar-refractivity contribution < 1.29 is 0 Å². The van der Waals surface area contributed by atoms with E-state index in [1.54, 1.807) is 0 Å². The SMILES string of the molecule is CCCCc1ccc2nc(NC3CCCC3)sc2c1. The van der Waals surface area contributed by atoms with Gasteiger partial charge in [0.25, 0.3) is 0 Å². The van der Waals surface area contributed by atoms with Crippen LogP contribution in [0.4, 0.5) is 5.13 Å². The molecule has 1 N–H and O–H groups in total. The summed E-state index contributed by atoms with van der Waals surface area (Å²) in [5.74, 6) is 0. The number of hydrogen-bond acceptors (Lipinski definition) is 3. The van der Waals surface area contributed by atoms with E-state index in [-0.39, 0.29) is 0 Å². The molecular formula is C16H22N2S. The molecule has 1 saturated carbocycles. The van der Waals surface area contributed by atoms with E-state index in [9.17, 15) is 0 Å². The van der Waals surface area contributed by atoms with E-state index in [1.165, 1.54) is 55.2 Å². The number of anilines is 1. The number of rotatable bonds is 5. The largest absolute Gasteiger partial charge is 0.359 e. The molecule has 0 atom stereocenters. The Kier molecular flexibility index (Phi) is 4.02. The van der Waals surface area contributed by atoms with Gasteiger partial charge in [-0.15, -0.1) is 0 Å². The van der Waals surface area contributed by atoms with Crippen LogP contribution in [0.1, 0.15) is 51.0 Å². The minimum absolute atomic E-state index is 0.653. The fourth-order valence-electron chi connectivity index (χ4n) is 2.81. The molecule has 2 aromatic rings. The van der Waals surface area contributed by atoms with E-state index in [0.717, 1.165) is 10.6 Å². The normalized spacial score (nSPS) is 16.3. The predicted molar refractivity (Wildman–Crippen MR) is 84.1 cm³/mol. The van der Waals surface area contributed by atoms with Gasteiger partial charge in [-0.2, -0.15) is 0 Å². The van der Waals surface area contributed by atoms with Gasteiger partial charge in [0, 0.05) is 6.04 Å². The van der Waals surface area contributed by atoms with Crippen LogP contribution in [0.25, 0.3) is 10.2 Å². The Morgan fingerprint density at radius 3 is 2.95 bits per heavy atom.